The predicted octanol–water partition coefficient (Wildman–Crippen LogP) is 4.40. The zero-order chi connectivity index (χ0) is 20.4. The SMILES string of the molecule is O=C(NCc1ccc(F)cc1)c1cnn2c(C(F)F)cc(-c3ccccc3)nc12. The van der Waals surface area contributed by atoms with E-state index in [1.807, 2.05) is 6.07 Å². The maximum absolute atomic E-state index is 13.6. The summed E-state index contributed by atoms with van der Waals surface area (Å²) in [5.74, 6) is -0.887. The third-order valence-corrected chi connectivity index (χ3v) is 4.40. The van der Waals surface area contributed by atoms with E-state index in [1.54, 1.807) is 36.4 Å². The van der Waals surface area contributed by atoms with E-state index < -0.39 is 12.3 Å². The lowest BCUT2D eigenvalue weighted by Crippen LogP contribution is -2.23. The first-order valence-electron chi connectivity index (χ1n) is 8.78. The number of carbonyl (C=O) groups excluding carboxylic acids is 1. The van der Waals surface area contributed by atoms with Gasteiger partial charge in [0.15, 0.2) is 5.65 Å². The lowest BCUT2D eigenvalue weighted by molar-refractivity contribution is 0.0952. The standard InChI is InChI=1S/C21H15F3N4O/c22-15-8-6-13(7-9-15)11-25-21(29)16-12-26-28-18(19(23)24)10-17(27-20(16)28)14-4-2-1-3-5-14/h1-10,12,19H,11H2,(H,25,29). The van der Waals surface area contributed by atoms with Crippen molar-refractivity contribution in [3.8, 4) is 11.3 Å². The average Bonchev–Trinajstić information content (AvgIpc) is 3.17. The largest absolute Gasteiger partial charge is 0.348 e. The molecule has 2 aromatic heterocycles. The van der Waals surface area contributed by atoms with Crippen LogP contribution in [0.2, 0.25) is 0 Å². The Balaban J connectivity index is 1.70. The molecule has 0 aliphatic rings. The van der Waals surface area contributed by atoms with Gasteiger partial charge in [-0.25, -0.2) is 22.7 Å². The molecule has 0 unspecified atom stereocenters. The van der Waals surface area contributed by atoms with Crippen LogP contribution in [-0.2, 0) is 6.54 Å². The van der Waals surface area contributed by atoms with Gasteiger partial charge in [0, 0.05) is 12.1 Å². The van der Waals surface area contributed by atoms with Crippen molar-refractivity contribution in [2.75, 3.05) is 0 Å². The molecule has 0 saturated carbocycles. The van der Waals surface area contributed by atoms with Crippen molar-refractivity contribution >= 4 is 11.6 Å². The van der Waals surface area contributed by atoms with Crippen molar-refractivity contribution in [1.29, 1.82) is 0 Å². The van der Waals surface area contributed by atoms with E-state index in [9.17, 15) is 18.0 Å². The van der Waals surface area contributed by atoms with E-state index in [2.05, 4.69) is 15.4 Å². The van der Waals surface area contributed by atoms with Crippen molar-refractivity contribution in [3.05, 3.63) is 89.5 Å². The van der Waals surface area contributed by atoms with Gasteiger partial charge < -0.3 is 5.32 Å². The molecule has 1 N–H and O–H groups in total. The predicted molar refractivity (Wildman–Crippen MR) is 101 cm³/mol. The van der Waals surface area contributed by atoms with Crippen LogP contribution in [0.15, 0.2) is 66.9 Å². The van der Waals surface area contributed by atoms with Gasteiger partial charge in [0.05, 0.1) is 11.9 Å². The second-order valence-electron chi connectivity index (χ2n) is 6.34. The van der Waals surface area contributed by atoms with Crippen LogP contribution >= 0.6 is 0 Å². The topological polar surface area (TPSA) is 59.3 Å². The number of fused-ring (bicyclic) bond motifs is 1. The zero-order valence-corrected chi connectivity index (χ0v) is 15.0. The molecule has 5 nitrogen and oxygen atoms in total. The molecule has 2 aromatic carbocycles. The number of hydrogen-bond donors (Lipinski definition) is 1. The van der Waals surface area contributed by atoms with Gasteiger partial charge in [-0.1, -0.05) is 42.5 Å². The second-order valence-corrected chi connectivity index (χ2v) is 6.34. The van der Waals surface area contributed by atoms with Crippen molar-refractivity contribution < 1.29 is 18.0 Å². The van der Waals surface area contributed by atoms with Gasteiger partial charge in [-0.05, 0) is 23.8 Å². The van der Waals surface area contributed by atoms with Gasteiger partial charge >= 0.3 is 0 Å². The molecule has 4 rings (SSSR count). The minimum Gasteiger partial charge on any atom is -0.348 e. The van der Waals surface area contributed by atoms with Crippen LogP contribution in [0.1, 0.15) is 28.0 Å². The number of carbonyl (C=O) groups is 1. The van der Waals surface area contributed by atoms with Gasteiger partial charge in [0.2, 0.25) is 0 Å². The molecule has 8 heteroatoms. The Kier molecular flexibility index (Phi) is 4.99. The lowest BCUT2D eigenvalue weighted by Gasteiger charge is -2.09. The van der Waals surface area contributed by atoms with Gasteiger partial charge in [-0.3, -0.25) is 4.79 Å². The van der Waals surface area contributed by atoms with E-state index in [0.717, 1.165) is 4.52 Å². The van der Waals surface area contributed by atoms with Crippen LogP contribution < -0.4 is 5.32 Å². The molecule has 146 valence electrons. The summed E-state index contributed by atoms with van der Waals surface area (Å²) in [4.78, 5) is 17.0. The Labute approximate surface area is 163 Å². The number of hydrogen-bond acceptors (Lipinski definition) is 3. The monoisotopic (exact) mass is 396 g/mol. The highest BCUT2D eigenvalue weighted by molar-refractivity contribution is 5.99. The number of benzene rings is 2. The normalized spacial score (nSPS) is 11.2. The Morgan fingerprint density at radius 1 is 1.07 bits per heavy atom. The first kappa shape index (κ1) is 18.7. The summed E-state index contributed by atoms with van der Waals surface area (Å²) in [5, 5.41) is 6.60. The van der Waals surface area contributed by atoms with Crippen LogP contribution in [0.4, 0.5) is 13.2 Å². The smallest absolute Gasteiger partial charge is 0.280 e. The van der Waals surface area contributed by atoms with Gasteiger partial charge in [-0.15, -0.1) is 0 Å². The fraction of sp³-hybridized carbons (Fsp3) is 0.0952. The molecule has 2 heterocycles. The first-order chi connectivity index (χ1) is 14.0. The van der Waals surface area contributed by atoms with Crippen LogP contribution in [0.3, 0.4) is 0 Å². The van der Waals surface area contributed by atoms with Crippen molar-refractivity contribution in [3.63, 3.8) is 0 Å². The molecule has 0 spiro atoms. The number of rotatable bonds is 5. The van der Waals surface area contributed by atoms with E-state index in [0.29, 0.717) is 16.8 Å². The third-order valence-electron chi connectivity index (χ3n) is 4.40. The Hall–Kier alpha value is -3.68. The summed E-state index contributed by atoms with van der Waals surface area (Å²) >= 11 is 0. The molecule has 29 heavy (non-hydrogen) atoms. The average molecular weight is 396 g/mol. The highest BCUT2D eigenvalue weighted by Crippen LogP contribution is 2.26. The van der Waals surface area contributed by atoms with Crippen molar-refractivity contribution in [2.45, 2.75) is 13.0 Å². The molecular formula is C21H15F3N4O. The molecular weight excluding hydrogens is 381 g/mol. The van der Waals surface area contributed by atoms with E-state index in [-0.39, 0.29) is 29.3 Å². The summed E-state index contributed by atoms with van der Waals surface area (Å²) < 4.78 is 41.1. The Morgan fingerprint density at radius 3 is 2.48 bits per heavy atom. The van der Waals surface area contributed by atoms with Crippen LogP contribution in [-0.4, -0.2) is 20.5 Å². The molecule has 0 aliphatic carbocycles. The highest BCUT2D eigenvalue weighted by atomic mass is 19.3. The van der Waals surface area contributed by atoms with Crippen molar-refractivity contribution in [2.24, 2.45) is 0 Å². The number of aromatic nitrogens is 3. The fourth-order valence-corrected chi connectivity index (χ4v) is 2.94. The number of nitrogens with one attached hydrogen (secondary N) is 1. The summed E-state index contributed by atoms with van der Waals surface area (Å²) in [7, 11) is 0. The molecule has 4 aromatic rings. The highest BCUT2D eigenvalue weighted by Gasteiger charge is 2.21. The van der Waals surface area contributed by atoms with Crippen LogP contribution in [0, 0.1) is 5.82 Å². The van der Waals surface area contributed by atoms with Gasteiger partial charge in [-0.2, -0.15) is 5.10 Å². The molecule has 0 radical (unpaired) electrons. The van der Waals surface area contributed by atoms with E-state index in [4.69, 9.17) is 0 Å². The quantitative estimate of drug-likeness (QED) is 0.544. The number of alkyl halides is 2. The summed E-state index contributed by atoms with van der Waals surface area (Å²) in [6.45, 7) is 0.149. The maximum atomic E-state index is 13.6. The minimum atomic E-state index is -2.79. The zero-order valence-electron chi connectivity index (χ0n) is 15.0. The molecule has 0 saturated heterocycles. The Morgan fingerprint density at radius 2 is 1.79 bits per heavy atom. The van der Waals surface area contributed by atoms with Crippen LogP contribution in [0.25, 0.3) is 16.9 Å². The minimum absolute atomic E-state index is 0.0401. The summed E-state index contributed by atoms with van der Waals surface area (Å²) in [6.07, 6.45) is -1.58. The van der Waals surface area contributed by atoms with Gasteiger partial charge in [0.25, 0.3) is 12.3 Å². The van der Waals surface area contributed by atoms with E-state index in [1.165, 1.54) is 24.4 Å². The first-order valence-corrected chi connectivity index (χ1v) is 8.78. The number of halogens is 3. The molecule has 0 bridgehead atoms. The Bertz CT molecular complexity index is 1160. The number of nitrogens with zero attached hydrogens (tertiary/aromatic N) is 3. The molecule has 1 amide bonds. The summed E-state index contributed by atoms with van der Waals surface area (Å²) in [5.41, 5.74) is 1.43. The fourth-order valence-electron chi connectivity index (χ4n) is 2.94. The maximum Gasteiger partial charge on any atom is 0.280 e. The third kappa shape index (κ3) is 3.82. The van der Waals surface area contributed by atoms with Crippen LogP contribution in [0.5, 0.6) is 0 Å². The lowest BCUT2D eigenvalue weighted by atomic mass is 10.1. The molecule has 0 fully saturated rings. The van der Waals surface area contributed by atoms with Crippen molar-refractivity contribution in [1.82, 2.24) is 19.9 Å². The summed E-state index contributed by atoms with van der Waals surface area (Å²) in [6, 6.07) is 15.8. The number of amides is 1. The molecule has 0 aliphatic heterocycles. The van der Waals surface area contributed by atoms with Gasteiger partial charge in [0.1, 0.15) is 17.1 Å². The second kappa shape index (κ2) is 7.75. The molecule has 0 atom stereocenters. The van der Waals surface area contributed by atoms with E-state index >= 15 is 0 Å².